The molecule has 3 rings (SSSR count). The summed E-state index contributed by atoms with van der Waals surface area (Å²) in [7, 11) is 3.23. The van der Waals surface area contributed by atoms with Crippen LogP contribution in [-0.4, -0.2) is 31.2 Å². The van der Waals surface area contributed by atoms with E-state index in [1.54, 1.807) is 14.2 Å². The van der Waals surface area contributed by atoms with E-state index in [4.69, 9.17) is 14.2 Å². The van der Waals surface area contributed by atoms with E-state index in [-0.39, 0.29) is 11.3 Å². The van der Waals surface area contributed by atoms with Gasteiger partial charge in [-0.3, -0.25) is 0 Å². The molecule has 4 atom stereocenters. The molecule has 1 aliphatic carbocycles. The van der Waals surface area contributed by atoms with Crippen molar-refractivity contribution in [2.45, 2.75) is 102 Å². The van der Waals surface area contributed by atoms with Gasteiger partial charge in [0.05, 0.1) is 0 Å². The molecule has 1 N–H and O–H groups in total. The van der Waals surface area contributed by atoms with Gasteiger partial charge in [-0.2, -0.15) is 0 Å². The maximum absolute atomic E-state index is 11.2. The summed E-state index contributed by atoms with van der Waals surface area (Å²) < 4.78 is 18.0. The number of hydrogen-bond acceptors (Lipinski definition) is 4. The molecule has 0 amide bonds. The van der Waals surface area contributed by atoms with Crippen molar-refractivity contribution in [3.8, 4) is 5.75 Å². The third-order valence-electron chi connectivity index (χ3n) is 8.00. The minimum absolute atomic E-state index is 0.0359. The molecule has 194 valence electrons. The summed E-state index contributed by atoms with van der Waals surface area (Å²) >= 11 is 0. The van der Waals surface area contributed by atoms with Crippen molar-refractivity contribution in [3.63, 3.8) is 0 Å². The van der Waals surface area contributed by atoms with Gasteiger partial charge in [0.2, 0.25) is 0 Å². The van der Waals surface area contributed by atoms with E-state index in [0.29, 0.717) is 18.9 Å². The van der Waals surface area contributed by atoms with Crippen molar-refractivity contribution in [1.29, 1.82) is 0 Å². The van der Waals surface area contributed by atoms with E-state index in [1.165, 1.54) is 31.2 Å². The first-order valence-electron chi connectivity index (χ1n) is 13.4. The Morgan fingerprint density at radius 3 is 2.43 bits per heavy atom. The quantitative estimate of drug-likeness (QED) is 0.253. The Morgan fingerprint density at radius 1 is 1.03 bits per heavy atom. The van der Waals surface area contributed by atoms with Crippen molar-refractivity contribution < 1.29 is 19.3 Å². The topological polar surface area (TPSA) is 47.9 Å². The average molecular weight is 483 g/mol. The normalized spacial score (nSPS) is 24.9. The first-order valence-corrected chi connectivity index (χ1v) is 13.4. The number of hydrogen-bond donors (Lipinski definition) is 1. The zero-order valence-corrected chi connectivity index (χ0v) is 22.7. The lowest BCUT2D eigenvalue weighted by Gasteiger charge is -2.46. The summed E-state index contributed by atoms with van der Waals surface area (Å²) in [4.78, 5) is 0. The fraction of sp³-hybridized carbons (Fsp3) is 0.613. The van der Waals surface area contributed by atoms with Gasteiger partial charge in [0.1, 0.15) is 18.5 Å². The molecule has 1 saturated carbocycles. The van der Waals surface area contributed by atoms with Crippen molar-refractivity contribution in [1.82, 2.24) is 0 Å². The number of unbranched alkanes of at least 4 members (excludes halogenated alkanes) is 3. The number of methoxy groups -OCH3 is 2. The van der Waals surface area contributed by atoms with Gasteiger partial charge in [-0.1, -0.05) is 95.8 Å². The molecule has 0 aliphatic heterocycles. The average Bonchev–Trinajstić information content (AvgIpc) is 2.87. The molecule has 4 nitrogen and oxygen atoms in total. The first kappa shape index (κ1) is 27.7. The Bertz CT molecular complexity index is 909. The van der Waals surface area contributed by atoms with E-state index in [9.17, 15) is 5.11 Å². The number of aliphatic hydroxyl groups is 1. The van der Waals surface area contributed by atoms with Gasteiger partial charge in [0.15, 0.2) is 5.79 Å². The second-order valence-corrected chi connectivity index (χ2v) is 11.0. The van der Waals surface area contributed by atoms with Crippen LogP contribution in [0.1, 0.15) is 95.2 Å². The first-order chi connectivity index (χ1) is 16.8. The Labute approximate surface area is 213 Å². The van der Waals surface area contributed by atoms with Crippen molar-refractivity contribution in [3.05, 3.63) is 65.2 Å². The van der Waals surface area contributed by atoms with Crippen LogP contribution in [0.2, 0.25) is 0 Å². The Morgan fingerprint density at radius 2 is 1.77 bits per heavy atom. The molecule has 4 unspecified atom stereocenters. The van der Waals surface area contributed by atoms with Gasteiger partial charge in [-0.15, -0.1) is 0 Å². The molecule has 0 saturated heterocycles. The molecule has 0 spiro atoms. The highest BCUT2D eigenvalue weighted by Crippen LogP contribution is 2.48. The van der Waals surface area contributed by atoms with Gasteiger partial charge >= 0.3 is 0 Å². The van der Waals surface area contributed by atoms with E-state index in [1.807, 2.05) is 18.2 Å². The van der Waals surface area contributed by atoms with Crippen LogP contribution in [0.5, 0.6) is 5.75 Å². The standard InChI is InChI=1S/C31H46O4/c1-7-8-9-13-19-30(3,4)25-16-17-26(27(21-25)35-22-24-14-11-10-12-15-24)28-23(2)18-20-31(32,34-6)29(28)33-5/h10-12,14-17,21,23,28-29,32H,7-9,13,18-20,22H2,1-6H3. The molecule has 4 heteroatoms. The monoisotopic (exact) mass is 482 g/mol. The van der Waals surface area contributed by atoms with E-state index >= 15 is 0 Å². The number of ether oxygens (including phenoxy) is 3. The van der Waals surface area contributed by atoms with Gasteiger partial charge in [-0.25, -0.2) is 0 Å². The van der Waals surface area contributed by atoms with Crippen LogP contribution in [0, 0.1) is 5.92 Å². The lowest BCUT2D eigenvalue weighted by molar-refractivity contribution is -0.274. The molecule has 0 aromatic heterocycles. The Balaban J connectivity index is 1.97. The van der Waals surface area contributed by atoms with E-state index < -0.39 is 11.9 Å². The molecular formula is C31H46O4. The second kappa shape index (κ2) is 12.4. The zero-order valence-electron chi connectivity index (χ0n) is 22.7. The van der Waals surface area contributed by atoms with Crippen molar-refractivity contribution in [2.75, 3.05) is 14.2 Å². The van der Waals surface area contributed by atoms with Crippen LogP contribution in [0.25, 0.3) is 0 Å². The smallest absolute Gasteiger partial charge is 0.192 e. The minimum atomic E-state index is -1.31. The van der Waals surface area contributed by atoms with Crippen LogP contribution in [0.15, 0.2) is 48.5 Å². The highest BCUT2D eigenvalue weighted by Gasteiger charge is 2.49. The van der Waals surface area contributed by atoms with Crippen LogP contribution >= 0.6 is 0 Å². The highest BCUT2D eigenvalue weighted by molar-refractivity contribution is 5.44. The molecule has 1 aliphatic rings. The largest absolute Gasteiger partial charge is 0.489 e. The van der Waals surface area contributed by atoms with Crippen LogP contribution in [0.3, 0.4) is 0 Å². The van der Waals surface area contributed by atoms with Gasteiger partial charge in [0.25, 0.3) is 0 Å². The fourth-order valence-corrected chi connectivity index (χ4v) is 5.58. The predicted octanol–water partition coefficient (Wildman–Crippen LogP) is 7.38. The van der Waals surface area contributed by atoms with Crippen molar-refractivity contribution >= 4 is 0 Å². The summed E-state index contributed by atoms with van der Waals surface area (Å²) in [6.07, 6.45) is 7.15. The van der Waals surface area contributed by atoms with Crippen molar-refractivity contribution in [2.24, 2.45) is 5.92 Å². The lowest BCUT2D eigenvalue weighted by Crippen LogP contribution is -2.53. The molecule has 0 heterocycles. The molecule has 35 heavy (non-hydrogen) atoms. The fourth-order valence-electron chi connectivity index (χ4n) is 5.58. The molecule has 1 fully saturated rings. The van der Waals surface area contributed by atoms with Crippen LogP contribution in [-0.2, 0) is 21.5 Å². The van der Waals surface area contributed by atoms with E-state index in [2.05, 4.69) is 58.0 Å². The molecule has 2 aromatic rings. The second-order valence-electron chi connectivity index (χ2n) is 11.0. The Kier molecular flexibility index (Phi) is 9.80. The molecule has 2 aromatic carbocycles. The van der Waals surface area contributed by atoms with Gasteiger partial charge in [0, 0.05) is 32.1 Å². The lowest BCUT2D eigenvalue weighted by atomic mass is 9.70. The Hall–Kier alpha value is -1.88. The molecule has 0 bridgehead atoms. The summed E-state index contributed by atoms with van der Waals surface area (Å²) in [6.45, 7) is 9.66. The molecular weight excluding hydrogens is 436 g/mol. The third kappa shape index (κ3) is 6.67. The van der Waals surface area contributed by atoms with E-state index in [0.717, 1.165) is 29.7 Å². The zero-order chi connectivity index (χ0) is 25.5. The number of benzene rings is 2. The number of rotatable bonds is 12. The highest BCUT2D eigenvalue weighted by atomic mass is 16.6. The maximum atomic E-state index is 11.2. The SMILES string of the molecule is CCCCCCC(C)(C)c1ccc(C2C(C)CCC(O)(OC)C2OC)c(OCc2ccccc2)c1. The maximum Gasteiger partial charge on any atom is 0.192 e. The summed E-state index contributed by atoms with van der Waals surface area (Å²) in [5, 5.41) is 11.2. The summed E-state index contributed by atoms with van der Waals surface area (Å²) in [5.74, 6) is -0.138. The third-order valence-corrected chi connectivity index (χ3v) is 8.00. The van der Waals surface area contributed by atoms with Gasteiger partial charge < -0.3 is 19.3 Å². The predicted molar refractivity (Wildman–Crippen MR) is 143 cm³/mol. The van der Waals surface area contributed by atoms with Gasteiger partial charge in [-0.05, 0) is 41.4 Å². The van der Waals surface area contributed by atoms with Crippen LogP contribution in [0.4, 0.5) is 0 Å². The summed E-state index contributed by atoms with van der Waals surface area (Å²) in [6, 6.07) is 17.0. The minimum Gasteiger partial charge on any atom is -0.489 e. The molecule has 0 radical (unpaired) electrons. The van der Waals surface area contributed by atoms with Crippen LogP contribution < -0.4 is 4.74 Å². The summed E-state index contributed by atoms with van der Waals surface area (Å²) in [5.41, 5.74) is 3.57.